The van der Waals surface area contributed by atoms with E-state index >= 15 is 0 Å². The lowest BCUT2D eigenvalue weighted by Crippen LogP contribution is -2.53. The molecule has 2 amide bonds. The second-order valence-corrected chi connectivity index (χ2v) is 11.6. The molecule has 0 spiro atoms. The largest absolute Gasteiger partial charge is 0.352 e. The van der Waals surface area contributed by atoms with Crippen molar-refractivity contribution < 1.29 is 18.0 Å². The summed E-state index contributed by atoms with van der Waals surface area (Å²) in [5, 5.41) is 3.59. The molecule has 1 unspecified atom stereocenters. The fourth-order valence-electron chi connectivity index (χ4n) is 4.75. The van der Waals surface area contributed by atoms with E-state index in [1.54, 1.807) is 24.3 Å². The maximum absolute atomic E-state index is 13.8. The van der Waals surface area contributed by atoms with Crippen LogP contribution in [0, 0.1) is 0 Å². The second kappa shape index (κ2) is 12.6. The van der Waals surface area contributed by atoms with Crippen LogP contribution in [0.5, 0.6) is 0 Å². The number of sulfonamides is 1. The van der Waals surface area contributed by atoms with Gasteiger partial charge in [0.15, 0.2) is 0 Å². The summed E-state index contributed by atoms with van der Waals surface area (Å²) in [7, 11) is -3.77. The number of hydrogen-bond acceptors (Lipinski definition) is 4. The minimum atomic E-state index is -3.77. The molecule has 0 saturated heterocycles. The molecule has 1 aliphatic rings. The van der Waals surface area contributed by atoms with Crippen molar-refractivity contribution in [3.05, 3.63) is 64.7 Å². The Labute approximate surface area is 219 Å². The number of aryl methyl sites for hydroxylation is 1. The summed E-state index contributed by atoms with van der Waals surface area (Å²) in [6, 6.07) is 13.7. The van der Waals surface area contributed by atoms with Crippen LogP contribution in [0.2, 0.25) is 5.02 Å². The van der Waals surface area contributed by atoms with Gasteiger partial charge in [-0.2, -0.15) is 0 Å². The molecule has 0 heterocycles. The fraction of sp³-hybridized carbons (Fsp3) is 0.481. The number of rotatable bonds is 11. The smallest absolute Gasteiger partial charge is 0.244 e. The van der Waals surface area contributed by atoms with Gasteiger partial charge in [-0.15, -0.1) is 0 Å². The molecule has 0 radical (unpaired) electrons. The number of nitrogens with zero attached hydrogens (tertiary/aromatic N) is 2. The quantitative estimate of drug-likeness (QED) is 0.459. The third kappa shape index (κ3) is 7.01. The Morgan fingerprint density at radius 3 is 2.22 bits per heavy atom. The first-order chi connectivity index (χ1) is 17.2. The molecule has 0 aromatic heterocycles. The molecular weight excluding hydrogens is 498 g/mol. The number of nitrogens with one attached hydrogen (secondary N) is 1. The Morgan fingerprint density at radius 2 is 1.64 bits per heavy atom. The van der Waals surface area contributed by atoms with Crippen molar-refractivity contribution in [2.24, 2.45) is 0 Å². The lowest BCUT2D eigenvalue weighted by Gasteiger charge is -2.34. The van der Waals surface area contributed by atoms with E-state index in [0.717, 1.165) is 41.8 Å². The Hall–Kier alpha value is -2.58. The van der Waals surface area contributed by atoms with Gasteiger partial charge in [-0.25, -0.2) is 8.42 Å². The summed E-state index contributed by atoms with van der Waals surface area (Å²) in [6.07, 6.45) is 6.09. The number of para-hydroxylation sites is 1. The Bertz CT molecular complexity index is 1170. The minimum absolute atomic E-state index is 0.0993. The molecule has 1 fully saturated rings. The standard InChI is InChI=1S/C27H36ClN3O4S/c1-4-20-12-7-11-17-25(20)31(36(3,34)35)19-26(32)30(18-21-13-6-10-16-23(21)28)24(5-2)27(33)29-22-14-8-9-15-22/h6-7,10-13,16-17,22,24H,4-5,8-9,14-15,18-19H2,1-3H3,(H,29,33). The molecule has 1 aliphatic carbocycles. The Morgan fingerprint density at radius 1 is 1.03 bits per heavy atom. The predicted molar refractivity (Wildman–Crippen MR) is 144 cm³/mol. The van der Waals surface area contributed by atoms with Gasteiger partial charge in [-0.1, -0.05) is 74.7 Å². The summed E-state index contributed by atoms with van der Waals surface area (Å²) < 4.78 is 26.8. The van der Waals surface area contributed by atoms with Gasteiger partial charge in [-0.05, 0) is 48.9 Å². The monoisotopic (exact) mass is 533 g/mol. The highest BCUT2D eigenvalue weighted by Gasteiger charge is 2.33. The zero-order chi connectivity index (χ0) is 26.3. The molecule has 0 bridgehead atoms. The number of anilines is 1. The van der Waals surface area contributed by atoms with Gasteiger partial charge in [0.05, 0.1) is 11.9 Å². The molecule has 1 N–H and O–H groups in total. The highest BCUT2D eigenvalue weighted by Crippen LogP contribution is 2.26. The van der Waals surface area contributed by atoms with Gasteiger partial charge in [0.25, 0.3) is 0 Å². The summed E-state index contributed by atoms with van der Waals surface area (Å²) in [5.74, 6) is -0.677. The Kier molecular flexibility index (Phi) is 9.79. The number of hydrogen-bond donors (Lipinski definition) is 1. The number of amides is 2. The maximum atomic E-state index is 13.8. The molecular formula is C27H36ClN3O4S. The molecule has 0 aliphatic heterocycles. The summed E-state index contributed by atoms with van der Waals surface area (Å²) in [5.41, 5.74) is 1.98. The van der Waals surface area contributed by atoms with Crippen LogP contribution >= 0.6 is 11.6 Å². The van der Waals surface area contributed by atoms with Crippen molar-refractivity contribution in [2.75, 3.05) is 17.1 Å². The van der Waals surface area contributed by atoms with E-state index in [2.05, 4.69) is 5.32 Å². The van der Waals surface area contributed by atoms with Gasteiger partial charge < -0.3 is 10.2 Å². The van der Waals surface area contributed by atoms with Crippen molar-refractivity contribution >= 4 is 39.1 Å². The van der Waals surface area contributed by atoms with Crippen LogP contribution in [0.15, 0.2) is 48.5 Å². The highest BCUT2D eigenvalue weighted by atomic mass is 35.5. The molecule has 9 heteroatoms. The second-order valence-electron chi connectivity index (χ2n) is 9.28. The third-order valence-corrected chi connectivity index (χ3v) is 8.20. The van der Waals surface area contributed by atoms with Gasteiger partial charge in [0.1, 0.15) is 12.6 Å². The van der Waals surface area contributed by atoms with Crippen LogP contribution in [-0.4, -0.2) is 50.0 Å². The molecule has 2 aromatic rings. The van der Waals surface area contributed by atoms with Crippen molar-refractivity contribution in [1.29, 1.82) is 0 Å². The van der Waals surface area contributed by atoms with E-state index in [9.17, 15) is 18.0 Å². The zero-order valence-corrected chi connectivity index (χ0v) is 22.8. The first kappa shape index (κ1) is 28.0. The van der Waals surface area contributed by atoms with Crippen molar-refractivity contribution in [1.82, 2.24) is 10.2 Å². The average molecular weight is 534 g/mol. The SMILES string of the molecule is CCc1ccccc1N(CC(=O)N(Cc1ccccc1Cl)C(CC)C(=O)NC1CCCC1)S(C)(=O)=O. The van der Waals surface area contributed by atoms with Crippen molar-refractivity contribution in [3.63, 3.8) is 0 Å². The lowest BCUT2D eigenvalue weighted by molar-refractivity contribution is -0.140. The first-order valence-electron chi connectivity index (χ1n) is 12.5. The third-order valence-electron chi connectivity index (χ3n) is 6.71. The van der Waals surface area contributed by atoms with Gasteiger partial charge in [0.2, 0.25) is 21.8 Å². The number of carbonyl (C=O) groups excluding carboxylic acids is 2. The molecule has 1 atom stereocenters. The van der Waals surface area contributed by atoms with Crippen LogP contribution in [0.25, 0.3) is 0 Å². The van der Waals surface area contributed by atoms with Crippen LogP contribution in [0.4, 0.5) is 5.69 Å². The zero-order valence-electron chi connectivity index (χ0n) is 21.2. The van der Waals surface area contributed by atoms with Gasteiger partial charge >= 0.3 is 0 Å². The molecule has 2 aromatic carbocycles. The summed E-state index contributed by atoms with van der Waals surface area (Å²) in [4.78, 5) is 28.6. The van der Waals surface area contributed by atoms with E-state index in [1.807, 2.05) is 38.1 Å². The molecule has 1 saturated carbocycles. The highest BCUT2D eigenvalue weighted by molar-refractivity contribution is 7.92. The number of halogens is 1. The van der Waals surface area contributed by atoms with Gasteiger partial charge in [0, 0.05) is 17.6 Å². The summed E-state index contributed by atoms with van der Waals surface area (Å²) in [6.45, 7) is 3.48. The minimum Gasteiger partial charge on any atom is -0.352 e. The number of benzene rings is 2. The van der Waals surface area contributed by atoms with Crippen LogP contribution in [0.3, 0.4) is 0 Å². The average Bonchev–Trinajstić information content (AvgIpc) is 3.35. The normalized spacial score (nSPS) is 14.9. The van der Waals surface area contributed by atoms with E-state index in [-0.39, 0.29) is 18.5 Å². The predicted octanol–water partition coefficient (Wildman–Crippen LogP) is 4.53. The maximum Gasteiger partial charge on any atom is 0.244 e. The van der Waals surface area contributed by atoms with E-state index in [1.165, 1.54) is 4.90 Å². The van der Waals surface area contributed by atoms with Crippen molar-refractivity contribution in [2.45, 2.75) is 71.0 Å². The summed E-state index contributed by atoms with van der Waals surface area (Å²) >= 11 is 6.41. The van der Waals surface area contributed by atoms with E-state index in [0.29, 0.717) is 29.1 Å². The van der Waals surface area contributed by atoms with Gasteiger partial charge in [-0.3, -0.25) is 13.9 Å². The molecule has 3 rings (SSSR count). The molecule has 7 nitrogen and oxygen atoms in total. The lowest BCUT2D eigenvalue weighted by atomic mass is 10.1. The Balaban J connectivity index is 1.96. The first-order valence-corrected chi connectivity index (χ1v) is 14.8. The van der Waals surface area contributed by atoms with E-state index in [4.69, 9.17) is 11.6 Å². The van der Waals surface area contributed by atoms with Crippen LogP contribution in [-0.2, 0) is 32.6 Å². The molecule has 196 valence electrons. The fourth-order valence-corrected chi connectivity index (χ4v) is 5.82. The molecule has 36 heavy (non-hydrogen) atoms. The van der Waals surface area contributed by atoms with Crippen LogP contribution < -0.4 is 9.62 Å². The van der Waals surface area contributed by atoms with Crippen LogP contribution in [0.1, 0.15) is 57.1 Å². The van der Waals surface area contributed by atoms with Crippen molar-refractivity contribution in [3.8, 4) is 0 Å². The number of carbonyl (C=O) groups is 2. The van der Waals surface area contributed by atoms with E-state index < -0.39 is 28.5 Å². The topological polar surface area (TPSA) is 86.8 Å².